The van der Waals surface area contributed by atoms with Crippen molar-refractivity contribution in [3.05, 3.63) is 29.8 Å². The molecule has 3 aliphatic rings. The van der Waals surface area contributed by atoms with Gasteiger partial charge in [0, 0.05) is 32.1 Å². The Kier molecular flexibility index (Phi) is 6.74. The zero-order valence-electron chi connectivity index (χ0n) is 17.4. The minimum Gasteiger partial charge on any atom is -0.481 e. The number of carbonyl (C=O) groups is 2. The molecular formula is C22H32ClN3O3. The standard InChI is InChI=1S/C22H31N3O3.ClH/c1-16-4-3-5-18(14-16)28-17(2)20(26)24-10-12-25(13-11-24)21(27)19-15-22(19)6-8-23-9-7-22;/h3-5,14,17,19,23H,6-13,15H2,1-2H3;1H. The van der Waals surface area contributed by atoms with E-state index in [-0.39, 0.29) is 29.6 Å². The molecule has 2 amide bonds. The topological polar surface area (TPSA) is 61.9 Å². The number of rotatable bonds is 4. The number of piperazine rings is 1. The Balaban J connectivity index is 0.00000240. The first-order chi connectivity index (χ1) is 13.5. The third-order valence-corrected chi connectivity index (χ3v) is 6.64. The van der Waals surface area contributed by atoms with Crippen molar-refractivity contribution in [2.75, 3.05) is 39.3 Å². The maximum atomic E-state index is 12.9. The first-order valence-electron chi connectivity index (χ1n) is 10.5. The Morgan fingerprint density at radius 3 is 2.45 bits per heavy atom. The lowest BCUT2D eigenvalue weighted by Gasteiger charge is -2.36. The van der Waals surface area contributed by atoms with Crippen molar-refractivity contribution < 1.29 is 14.3 Å². The first-order valence-corrected chi connectivity index (χ1v) is 10.5. The predicted molar refractivity (Wildman–Crippen MR) is 114 cm³/mol. The number of nitrogens with one attached hydrogen (secondary N) is 1. The number of aryl methyl sites for hydroxylation is 1. The first kappa shape index (κ1) is 21.9. The highest BCUT2D eigenvalue weighted by Gasteiger charge is 2.58. The van der Waals surface area contributed by atoms with Crippen molar-refractivity contribution in [1.29, 1.82) is 0 Å². The van der Waals surface area contributed by atoms with Crippen LogP contribution in [0.1, 0.15) is 31.7 Å². The summed E-state index contributed by atoms with van der Waals surface area (Å²) in [6.45, 7) is 8.31. The van der Waals surface area contributed by atoms with Gasteiger partial charge in [-0.2, -0.15) is 0 Å². The Bertz CT molecular complexity index is 743. The van der Waals surface area contributed by atoms with Gasteiger partial charge < -0.3 is 19.9 Å². The van der Waals surface area contributed by atoms with Crippen molar-refractivity contribution in [2.45, 2.75) is 39.2 Å². The van der Waals surface area contributed by atoms with Crippen LogP contribution in [0.5, 0.6) is 5.75 Å². The van der Waals surface area contributed by atoms with E-state index in [1.54, 1.807) is 6.92 Å². The molecule has 1 aliphatic carbocycles. The van der Waals surface area contributed by atoms with Gasteiger partial charge in [0.25, 0.3) is 5.91 Å². The smallest absolute Gasteiger partial charge is 0.263 e. The number of hydrogen-bond donors (Lipinski definition) is 1. The van der Waals surface area contributed by atoms with Gasteiger partial charge in [-0.05, 0) is 69.3 Å². The van der Waals surface area contributed by atoms with Crippen LogP contribution >= 0.6 is 12.4 Å². The molecule has 6 nitrogen and oxygen atoms in total. The lowest BCUT2D eigenvalue weighted by Crippen LogP contribution is -2.53. The van der Waals surface area contributed by atoms with E-state index in [1.807, 2.05) is 41.0 Å². The highest BCUT2D eigenvalue weighted by atomic mass is 35.5. The zero-order chi connectivity index (χ0) is 19.7. The third-order valence-electron chi connectivity index (χ3n) is 6.64. The van der Waals surface area contributed by atoms with Crippen LogP contribution in [0, 0.1) is 18.3 Å². The van der Waals surface area contributed by atoms with Crippen molar-refractivity contribution in [2.24, 2.45) is 11.3 Å². The average Bonchev–Trinajstić information content (AvgIpc) is 3.40. The SMILES string of the molecule is Cc1cccc(OC(C)C(=O)N2CCN(C(=O)C3CC34CCNCC4)CC2)c1.Cl. The molecule has 1 aromatic carbocycles. The van der Waals surface area contributed by atoms with Gasteiger partial charge in [0.05, 0.1) is 0 Å². The van der Waals surface area contributed by atoms with E-state index >= 15 is 0 Å². The van der Waals surface area contributed by atoms with Crippen LogP contribution < -0.4 is 10.1 Å². The third kappa shape index (κ3) is 4.69. The molecule has 1 saturated carbocycles. The lowest BCUT2D eigenvalue weighted by atomic mass is 9.91. The summed E-state index contributed by atoms with van der Waals surface area (Å²) in [6.07, 6.45) is 2.77. The van der Waals surface area contributed by atoms with Gasteiger partial charge in [-0.3, -0.25) is 9.59 Å². The molecule has 29 heavy (non-hydrogen) atoms. The molecule has 2 heterocycles. The molecule has 2 saturated heterocycles. The molecule has 1 N–H and O–H groups in total. The van der Waals surface area contributed by atoms with Gasteiger partial charge in [0.2, 0.25) is 5.91 Å². The fraction of sp³-hybridized carbons (Fsp3) is 0.636. The Hall–Kier alpha value is -1.79. The molecule has 7 heteroatoms. The Morgan fingerprint density at radius 2 is 1.79 bits per heavy atom. The molecule has 1 spiro atoms. The number of carbonyl (C=O) groups excluding carboxylic acids is 2. The van der Waals surface area contributed by atoms with Crippen LogP contribution in [0.2, 0.25) is 0 Å². The normalized spacial score (nSPS) is 23.9. The Labute approximate surface area is 179 Å². The molecular weight excluding hydrogens is 390 g/mol. The highest BCUT2D eigenvalue weighted by molar-refractivity contribution is 5.85. The van der Waals surface area contributed by atoms with E-state index in [1.165, 1.54) is 0 Å². The molecule has 2 aliphatic heterocycles. The Morgan fingerprint density at radius 1 is 1.14 bits per heavy atom. The summed E-state index contributed by atoms with van der Waals surface area (Å²) in [6, 6.07) is 7.74. The summed E-state index contributed by atoms with van der Waals surface area (Å²) >= 11 is 0. The van der Waals surface area contributed by atoms with Crippen LogP contribution in [0.4, 0.5) is 0 Å². The molecule has 1 aromatic rings. The fourth-order valence-corrected chi connectivity index (χ4v) is 4.74. The van der Waals surface area contributed by atoms with Crippen molar-refractivity contribution in [1.82, 2.24) is 15.1 Å². The summed E-state index contributed by atoms with van der Waals surface area (Å²) in [4.78, 5) is 29.4. The van der Waals surface area contributed by atoms with Gasteiger partial charge in [-0.15, -0.1) is 12.4 Å². The minimum atomic E-state index is -0.523. The van der Waals surface area contributed by atoms with Gasteiger partial charge in [0.1, 0.15) is 5.75 Å². The summed E-state index contributed by atoms with van der Waals surface area (Å²) in [5.41, 5.74) is 1.38. The summed E-state index contributed by atoms with van der Waals surface area (Å²) in [5, 5.41) is 3.39. The molecule has 2 unspecified atom stereocenters. The summed E-state index contributed by atoms with van der Waals surface area (Å²) in [5.74, 6) is 1.23. The van der Waals surface area contributed by atoms with Gasteiger partial charge in [-0.1, -0.05) is 12.1 Å². The average molecular weight is 422 g/mol. The second kappa shape index (κ2) is 8.92. The maximum absolute atomic E-state index is 12.9. The molecule has 0 aromatic heterocycles. The molecule has 4 rings (SSSR count). The molecule has 160 valence electrons. The predicted octanol–water partition coefficient (Wildman–Crippen LogP) is 2.24. The van der Waals surface area contributed by atoms with Crippen LogP contribution in [0.25, 0.3) is 0 Å². The second-order valence-electron chi connectivity index (χ2n) is 8.60. The van der Waals surface area contributed by atoms with Gasteiger partial charge in [-0.25, -0.2) is 0 Å². The number of ether oxygens (including phenoxy) is 1. The van der Waals surface area contributed by atoms with Crippen LogP contribution in [0.3, 0.4) is 0 Å². The minimum absolute atomic E-state index is 0. The number of nitrogens with zero attached hydrogens (tertiary/aromatic N) is 2. The van der Waals surface area contributed by atoms with Crippen molar-refractivity contribution in [3.63, 3.8) is 0 Å². The fourth-order valence-electron chi connectivity index (χ4n) is 4.74. The quantitative estimate of drug-likeness (QED) is 0.809. The van der Waals surface area contributed by atoms with Crippen molar-refractivity contribution in [3.8, 4) is 5.75 Å². The van der Waals surface area contributed by atoms with E-state index in [2.05, 4.69) is 5.32 Å². The molecule has 3 fully saturated rings. The molecule has 2 atom stereocenters. The summed E-state index contributed by atoms with van der Waals surface area (Å²) < 4.78 is 5.83. The van der Waals surface area contributed by atoms with E-state index in [9.17, 15) is 9.59 Å². The highest BCUT2D eigenvalue weighted by Crippen LogP contribution is 2.59. The van der Waals surface area contributed by atoms with Gasteiger partial charge >= 0.3 is 0 Å². The van der Waals surface area contributed by atoms with E-state index in [0.29, 0.717) is 32.1 Å². The van der Waals surface area contributed by atoms with E-state index in [4.69, 9.17) is 4.74 Å². The van der Waals surface area contributed by atoms with E-state index in [0.717, 1.165) is 43.7 Å². The number of piperidine rings is 1. The summed E-state index contributed by atoms with van der Waals surface area (Å²) in [7, 11) is 0. The molecule has 0 bridgehead atoms. The van der Waals surface area contributed by atoms with E-state index < -0.39 is 6.10 Å². The molecule has 0 radical (unpaired) electrons. The number of halogens is 1. The monoisotopic (exact) mass is 421 g/mol. The van der Waals surface area contributed by atoms with Crippen LogP contribution in [0.15, 0.2) is 24.3 Å². The van der Waals surface area contributed by atoms with Crippen molar-refractivity contribution >= 4 is 24.2 Å². The van der Waals surface area contributed by atoms with Gasteiger partial charge in [0.15, 0.2) is 6.10 Å². The zero-order valence-corrected chi connectivity index (χ0v) is 18.2. The lowest BCUT2D eigenvalue weighted by molar-refractivity contribution is -0.144. The largest absolute Gasteiger partial charge is 0.481 e. The second-order valence-corrected chi connectivity index (χ2v) is 8.60. The number of benzene rings is 1. The maximum Gasteiger partial charge on any atom is 0.263 e. The van der Waals surface area contributed by atoms with Crippen LogP contribution in [-0.4, -0.2) is 67.0 Å². The number of amides is 2. The van der Waals surface area contributed by atoms with Crippen LogP contribution in [-0.2, 0) is 9.59 Å². The number of hydrogen-bond acceptors (Lipinski definition) is 4.